The van der Waals surface area contributed by atoms with Gasteiger partial charge in [0, 0.05) is 4.47 Å². The van der Waals surface area contributed by atoms with Crippen molar-refractivity contribution in [2.24, 2.45) is 0 Å². The Kier molecular flexibility index (Phi) is 4.26. The van der Waals surface area contributed by atoms with Gasteiger partial charge in [-0.15, -0.1) is 0 Å². The summed E-state index contributed by atoms with van der Waals surface area (Å²) < 4.78 is 19.8. The maximum Gasteiger partial charge on any atom is 0.321 e. The number of ether oxygens (including phenoxy) is 1. The molecular formula is C12H12BrFN4O. The van der Waals surface area contributed by atoms with E-state index in [2.05, 4.69) is 30.9 Å². The van der Waals surface area contributed by atoms with Crippen LogP contribution in [0.2, 0.25) is 0 Å². The standard InChI is InChI=1S/C12H12BrFN4O/c1-2-5-19-12-17-10(16-11(15)18-12)8-6-7(13)3-4-9(8)14/h3-4,6H,2,5H2,1H3,(H2,15,16,17,18). The molecule has 0 saturated carbocycles. The zero-order valence-corrected chi connectivity index (χ0v) is 11.8. The number of anilines is 1. The van der Waals surface area contributed by atoms with Gasteiger partial charge in [-0.25, -0.2) is 4.39 Å². The summed E-state index contributed by atoms with van der Waals surface area (Å²) in [7, 11) is 0. The molecular weight excluding hydrogens is 315 g/mol. The summed E-state index contributed by atoms with van der Waals surface area (Å²) in [5, 5.41) is 0. The van der Waals surface area contributed by atoms with Crippen LogP contribution in [-0.2, 0) is 0 Å². The first-order chi connectivity index (χ1) is 9.10. The molecule has 0 saturated heterocycles. The first-order valence-electron chi connectivity index (χ1n) is 5.70. The predicted octanol–water partition coefficient (Wildman–Crippen LogP) is 2.81. The maximum atomic E-state index is 13.8. The number of nitrogens with zero attached hydrogens (tertiary/aromatic N) is 3. The van der Waals surface area contributed by atoms with Crippen molar-refractivity contribution in [1.82, 2.24) is 15.0 Å². The summed E-state index contributed by atoms with van der Waals surface area (Å²) in [6.45, 7) is 2.42. The van der Waals surface area contributed by atoms with Gasteiger partial charge in [0.2, 0.25) is 5.95 Å². The summed E-state index contributed by atoms with van der Waals surface area (Å²) in [5.41, 5.74) is 5.82. The predicted molar refractivity (Wildman–Crippen MR) is 73.1 cm³/mol. The van der Waals surface area contributed by atoms with Crippen LogP contribution in [-0.4, -0.2) is 21.6 Å². The van der Waals surface area contributed by atoms with Crippen molar-refractivity contribution in [3.05, 3.63) is 28.5 Å². The van der Waals surface area contributed by atoms with Crippen molar-refractivity contribution in [2.45, 2.75) is 13.3 Å². The van der Waals surface area contributed by atoms with Gasteiger partial charge in [-0.1, -0.05) is 22.9 Å². The van der Waals surface area contributed by atoms with Crippen LogP contribution in [0.4, 0.5) is 10.3 Å². The molecule has 5 nitrogen and oxygen atoms in total. The second-order valence-corrected chi connectivity index (χ2v) is 4.69. The summed E-state index contributed by atoms with van der Waals surface area (Å²) in [4.78, 5) is 11.8. The molecule has 0 spiro atoms. The van der Waals surface area contributed by atoms with Gasteiger partial charge in [0.25, 0.3) is 0 Å². The van der Waals surface area contributed by atoms with Crippen LogP contribution in [0, 0.1) is 5.82 Å². The second-order valence-electron chi connectivity index (χ2n) is 3.77. The third kappa shape index (κ3) is 3.37. The fraction of sp³-hybridized carbons (Fsp3) is 0.250. The van der Waals surface area contributed by atoms with Crippen LogP contribution in [0.25, 0.3) is 11.4 Å². The molecule has 1 heterocycles. The molecule has 0 unspecified atom stereocenters. The van der Waals surface area contributed by atoms with Crippen LogP contribution in [0.1, 0.15) is 13.3 Å². The molecule has 0 amide bonds. The van der Waals surface area contributed by atoms with Crippen molar-refractivity contribution in [1.29, 1.82) is 0 Å². The van der Waals surface area contributed by atoms with Gasteiger partial charge < -0.3 is 10.5 Å². The Morgan fingerprint density at radius 1 is 1.32 bits per heavy atom. The minimum absolute atomic E-state index is 0.00419. The molecule has 2 N–H and O–H groups in total. The molecule has 0 atom stereocenters. The highest BCUT2D eigenvalue weighted by Gasteiger charge is 2.12. The van der Waals surface area contributed by atoms with Gasteiger partial charge in [0.1, 0.15) is 5.82 Å². The lowest BCUT2D eigenvalue weighted by atomic mass is 10.2. The molecule has 0 radical (unpaired) electrons. The molecule has 19 heavy (non-hydrogen) atoms. The van der Waals surface area contributed by atoms with E-state index < -0.39 is 5.82 Å². The molecule has 7 heteroatoms. The normalized spacial score (nSPS) is 10.5. The van der Waals surface area contributed by atoms with E-state index >= 15 is 0 Å². The van der Waals surface area contributed by atoms with E-state index in [1.54, 1.807) is 12.1 Å². The quantitative estimate of drug-likeness (QED) is 0.935. The van der Waals surface area contributed by atoms with Crippen LogP contribution < -0.4 is 10.5 Å². The van der Waals surface area contributed by atoms with E-state index in [-0.39, 0.29) is 23.3 Å². The molecule has 0 fully saturated rings. The molecule has 0 aliphatic heterocycles. The number of aromatic nitrogens is 3. The van der Waals surface area contributed by atoms with E-state index in [0.717, 1.165) is 10.9 Å². The fourth-order valence-corrected chi connectivity index (χ4v) is 1.78. The molecule has 100 valence electrons. The average molecular weight is 327 g/mol. The minimum Gasteiger partial charge on any atom is -0.463 e. The van der Waals surface area contributed by atoms with Crippen LogP contribution in [0.15, 0.2) is 22.7 Å². The Morgan fingerprint density at radius 3 is 2.84 bits per heavy atom. The SMILES string of the molecule is CCCOc1nc(N)nc(-c2cc(Br)ccc2F)n1. The maximum absolute atomic E-state index is 13.8. The van der Waals surface area contributed by atoms with E-state index in [4.69, 9.17) is 10.5 Å². The minimum atomic E-state index is -0.435. The zero-order valence-electron chi connectivity index (χ0n) is 10.2. The van der Waals surface area contributed by atoms with E-state index in [1.165, 1.54) is 6.07 Å². The van der Waals surface area contributed by atoms with Crippen molar-refractivity contribution in [2.75, 3.05) is 12.3 Å². The molecule has 0 aliphatic rings. The van der Waals surface area contributed by atoms with Crippen LogP contribution in [0.5, 0.6) is 6.01 Å². The first kappa shape index (κ1) is 13.7. The Hall–Kier alpha value is -1.76. The summed E-state index contributed by atoms with van der Waals surface area (Å²) in [6.07, 6.45) is 0.812. The molecule has 1 aromatic carbocycles. The van der Waals surface area contributed by atoms with Gasteiger partial charge in [-0.05, 0) is 24.6 Å². The zero-order chi connectivity index (χ0) is 13.8. The van der Waals surface area contributed by atoms with E-state index in [0.29, 0.717) is 6.61 Å². The molecule has 0 aliphatic carbocycles. The molecule has 1 aromatic heterocycles. The number of halogens is 2. The van der Waals surface area contributed by atoms with Gasteiger partial charge in [-0.2, -0.15) is 15.0 Å². The van der Waals surface area contributed by atoms with Crippen molar-refractivity contribution in [3.63, 3.8) is 0 Å². The lowest BCUT2D eigenvalue weighted by Gasteiger charge is -2.06. The average Bonchev–Trinajstić information content (AvgIpc) is 2.38. The highest BCUT2D eigenvalue weighted by atomic mass is 79.9. The van der Waals surface area contributed by atoms with E-state index in [1.807, 2.05) is 6.92 Å². The Bertz CT molecular complexity index is 594. The molecule has 0 bridgehead atoms. The summed E-state index contributed by atoms with van der Waals surface area (Å²) >= 11 is 3.27. The number of nitrogens with two attached hydrogens (primary N) is 1. The number of hydrogen-bond acceptors (Lipinski definition) is 5. The highest BCUT2D eigenvalue weighted by Crippen LogP contribution is 2.24. The number of nitrogen functional groups attached to an aromatic ring is 1. The van der Waals surface area contributed by atoms with Crippen molar-refractivity contribution < 1.29 is 9.13 Å². The third-order valence-electron chi connectivity index (χ3n) is 2.24. The Morgan fingerprint density at radius 2 is 2.11 bits per heavy atom. The van der Waals surface area contributed by atoms with Gasteiger partial charge in [0.15, 0.2) is 5.82 Å². The van der Waals surface area contributed by atoms with Crippen LogP contribution in [0.3, 0.4) is 0 Å². The monoisotopic (exact) mass is 326 g/mol. The highest BCUT2D eigenvalue weighted by molar-refractivity contribution is 9.10. The van der Waals surface area contributed by atoms with Gasteiger partial charge >= 0.3 is 6.01 Å². The second kappa shape index (κ2) is 5.92. The number of benzene rings is 1. The third-order valence-corrected chi connectivity index (χ3v) is 2.73. The largest absolute Gasteiger partial charge is 0.463 e. The van der Waals surface area contributed by atoms with Crippen molar-refractivity contribution >= 4 is 21.9 Å². The van der Waals surface area contributed by atoms with Crippen molar-refractivity contribution in [3.8, 4) is 17.4 Å². The van der Waals surface area contributed by atoms with Gasteiger partial charge in [-0.3, -0.25) is 0 Å². The lowest BCUT2D eigenvalue weighted by Crippen LogP contribution is -2.06. The molecule has 2 aromatic rings. The number of rotatable bonds is 4. The van der Waals surface area contributed by atoms with Crippen LogP contribution >= 0.6 is 15.9 Å². The summed E-state index contributed by atoms with van der Waals surface area (Å²) in [6, 6.07) is 4.60. The fourth-order valence-electron chi connectivity index (χ4n) is 1.42. The van der Waals surface area contributed by atoms with E-state index in [9.17, 15) is 4.39 Å². The first-order valence-corrected chi connectivity index (χ1v) is 6.49. The smallest absolute Gasteiger partial charge is 0.321 e. The van der Waals surface area contributed by atoms with Gasteiger partial charge in [0.05, 0.1) is 12.2 Å². The number of hydrogen-bond donors (Lipinski definition) is 1. The Balaban J connectivity index is 2.43. The summed E-state index contributed by atoms with van der Waals surface area (Å²) in [5.74, 6) is -0.289. The lowest BCUT2D eigenvalue weighted by molar-refractivity contribution is 0.292. The Labute approximate surface area is 118 Å². The molecule has 2 rings (SSSR count). The topological polar surface area (TPSA) is 73.9 Å².